The van der Waals surface area contributed by atoms with Gasteiger partial charge in [-0.1, -0.05) is 6.92 Å². The number of hydrogen-bond acceptors (Lipinski definition) is 3. The minimum atomic E-state index is -1.03. The van der Waals surface area contributed by atoms with Crippen LogP contribution in [0.3, 0.4) is 0 Å². The number of rotatable bonds is 6. The first-order chi connectivity index (χ1) is 8.58. The second-order valence-corrected chi connectivity index (χ2v) is 3.73. The third-order valence-electron chi connectivity index (χ3n) is 2.44. The summed E-state index contributed by atoms with van der Waals surface area (Å²) in [6, 6.07) is 5.72. The summed E-state index contributed by atoms with van der Waals surface area (Å²) < 4.78 is 5.26. The first-order valence-electron chi connectivity index (χ1n) is 5.85. The van der Waals surface area contributed by atoms with E-state index in [0.29, 0.717) is 24.3 Å². The second-order valence-electron chi connectivity index (χ2n) is 3.73. The molecule has 0 saturated heterocycles. The van der Waals surface area contributed by atoms with Crippen LogP contribution in [0.4, 0.5) is 0 Å². The number of carbonyl (C=O) groups excluding carboxylic acids is 1. The van der Waals surface area contributed by atoms with E-state index in [0.717, 1.165) is 0 Å². The quantitative estimate of drug-likeness (QED) is 0.806. The monoisotopic (exact) mass is 251 g/mol. The average Bonchev–Trinajstić information content (AvgIpc) is 2.36. The van der Waals surface area contributed by atoms with Gasteiger partial charge in [0.15, 0.2) is 0 Å². The van der Waals surface area contributed by atoms with E-state index >= 15 is 0 Å². The van der Waals surface area contributed by atoms with Crippen molar-refractivity contribution < 1.29 is 19.4 Å². The van der Waals surface area contributed by atoms with Crippen molar-refractivity contribution in [1.29, 1.82) is 0 Å². The molecule has 1 aromatic carbocycles. The Balaban J connectivity index is 2.69. The molecule has 98 valence electrons. The van der Waals surface area contributed by atoms with Crippen LogP contribution < -0.4 is 10.1 Å². The fourth-order valence-corrected chi connectivity index (χ4v) is 1.45. The number of aliphatic carboxylic acids is 1. The predicted molar refractivity (Wildman–Crippen MR) is 66.8 cm³/mol. The Morgan fingerprint density at radius 3 is 2.33 bits per heavy atom. The number of carboxylic acid groups (broad SMARTS) is 1. The maximum atomic E-state index is 11.8. The van der Waals surface area contributed by atoms with Gasteiger partial charge in [-0.25, -0.2) is 4.79 Å². The van der Waals surface area contributed by atoms with E-state index in [-0.39, 0.29) is 0 Å². The summed E-state index contributed by atoms with van der Waals surface area (Å²) in [6.07, 6.45) is 0.345. The number of nitrogens with one attached hydrogen (secondary N) is 1. The van der Waals surface area contributed by atoms with Crippen LogP contribution in [-0.4, -0.2) is 29.6 Å². The molecular formula is C13H17NO4. The van der Waals surface area contributed by atoms with E-state index in [1.165, 1.54) is 0 Å². The van der Waals surface area contributed by atoms with Gasteiger partial charge < -0.3 is 15.2 Å². The molecule has 5 nitrogen and oxygen atoms in total. The van der Waals surface area contributed by atoms with Gasteiger partial charge in [0, 0.05) is 5.56 Å². The zero-order valence-corrected chi connectivity index (χ0v) is 10.5. The van der Waals surface area contributed by atoms with E-state index < -0.39 is 17.9 Å². The SMILES string of the molecule is CCOc1ccc(C(=O)N[C@H](CC)C(=O)O)cc1. The van der Waals surface area contributed by atoms with Crippen LogP contribution in [0.1, 0.15) is 30.6 Å². The van der Waals surface area contributed by atoms with Crippen molar-refractivity contribution in [3.63, 3.8) is 0 Å². The lowest BCUT2D eigenvalue weighted by molar-refractivity contribution is -0.139. The van der Waals surface area contributed by atoms with Crippen molar-refractivity contribution in [2.75, 3.05) is 6.61 Å². The average molecular weight is 251 g/mol. The highest BCUT2D eigenvalue weighted by atomic mass is 16.5. The van der Waals surface area contributed by atoms with E-state index in [9.17, 15) is 9.59 Å². The molecule has 5 heteroatoms. The number of benzene rings is 1. The van der Waals surface area contributed by atoms with Gasteiger partial charge in [0.25, 0.3) is 5.91 Å². The molecule has 0 heterocycles. The van der Waals surface area contributed by atoms with Gasteiger partial charge in [-0.3, -0.25) is 4.79 Å². The first-order valence-corrected chi connectivity index (χ1v) is 5.85. The van der Waals surface area contributed by atoms with Crippen molar-refractivity contribution in [2.24, 2.45) is 0 Å². The van der Waals surface area contributed by atoms with E-state index in [2.05, 4.69) is 5.32 Å². The molecule has 18 heavy (non-hydrogen) atoms. The van der Waals surface area contributed by atoms with Crippen LogP contribution in [0.15, 0.2) is 24.3 Å². The fraction of sp³-hybridized carbons (Fsp3) is 0.385. The molecule has 0 aliphatic carbocycles. The van der Waals surface area contributed by atoms with Crippen LogP contribution in [0.25, 0.3) is 0 Å². The predicted octanol–water partition coefficient (Wildman–Crippen LogP) is 1.68. The third-order valence-corrected chi connectivity index (χ3v) is 2.44. The Morgan fingerprint density at radius 1 is 1.28 bits per heavy atom. The number of hydrogen-bond donors (Lipinski definition) is 2. The summed E-state index contributed by atoms with van der Waals surface area (Å²) in [6.45, 7) is 4.14. The third kappa shape index (κ3) is 3.76. The largest absolute Gasteiger partial charge is 0.494 e. The van der Waals surface area contributed by atoms with Crippen LogP contribution in [-0.2, 0) is 4.79 Å². The second kappa shape index (κ2) is 6.64. The zero-order chi connectivity index (χ0) is 13.5. The molecule has 0 bridgehead atoms. The van der Waals surface area contributed by atoms with Gasteiger partial charge in [-0.2, -0.15) is 0 Å². The lowest BCUT2D eigenvalue weighted by Crippen LogP contribution is -2.40. The summed E-state index contributed by atoms with van der Waals surface area (Å²) >= 11 is 0. The van der Waals surface area contributed by atoms with Gasteiger partial charge in [0.2, 0.25) is 0 Å². The summed E-state index contributed by atoms with van der Waals surface area (Å²) in [7, 11) is 0. The first kappa shape index (κ1) is 14.0. The Hall–Kier alpha value is -2.04. The topological polar surface area (TPSA) is 75.6 Å². The van der Waals surface area contributed by atoms with Crippen molar-refractivity contribution in [2.45, 2.75) is 26.3 Å². The van der Waals surface area contributed by atoms with Crippen molar-refractivity contribution >= 4 is 11.9 Å². The summed E-state index contributed by atoms with van der Waals surface area (Å²) in [5.41, 5.74) is 0.415. The molecule has 0 aliphatic rings. The van der Waals surface area contributed by atoms with Crippen LogP contribution >= 0.6 is 0 Å². The van der Waals surface area contributed by atoms with Gasteiger partial charge in [0.1, 0.15) is 11.8 Å². The van der Waals surface area contributed by atoms with Crippen LogP contribution in [0.2, 0.25) is 0 Å². The number of carboxylic acids is 1. The van der Waals surface area contributed by atoms with E-state index in [1.807, 2.05) is 6.92 Å². The molecule has 1 atom stereocenters. The lowest BCUT2D eigenvalue weighted by Gasteiger charge is -2.12. The normalized spacial score (nSPS) is 11.7. The van der Waals surface area contributed by atoms with Crippen LogP contribution in [0.5, 0.6) is 5.75 Å². The molecule has 0 aromatic heterocycles. The van der Waals surface area contributed by atoms with Crippen molar-refractivity contribution in [3.8, 4) is 5.75 Å². The molecule has 0 fully saturated rings. The Labute approximate surface area is 106 Å². The molecule has 0 aliphatic heterocycles. The molecule has 0 radical (unpaired) electrons. The van der Waals surface area contributed by atoms with Gasteiger partial charge in [-0.05, 0) is 37.6 Å². The molecule has 1 rings (SSSR count). The summed E-state index contributed by atoms with van der Waals surface area (Å²) in [4.78, 5) is 22.6. The molecule has 0 unspecified atom stereocenters. The highest BCUT2D eigenvalue weighted by molar-refractivity contribution is 5.96. The molecule has 0 saturated carbocycles. The van der Waals surface area contributed by atoms with Crippen molar-refractivity contribution in [3.05, 3.63) is 29.8 Å². The smallest absolute Gasteiger partial charge is 0.326 e. The molecular weight excluding hydrogens is 234 g/mol. The van der Waals surface area contributed by atoms with Crippen molar-refractivity contribution in [1.82, 2.24) is 5.32 Å². The van der Waals surface area contributed by atoms with Gasteiger partial charge in [0.05, 0.1) is 6.61 Å². The van der Waals surface area contributed by atoms with Gasteiger partial charge in [-0.15, -0.1) is 0 Å². The Morgan fingerprint density at radius 2 is 1.89 bits per heavy atom. The Kier molecular flexibility index (Phi) is 5.17. The minimum absolute atomic E-state index is 0.345. The summed E-state index contributed by atoms with van der Waals surface area (Å²) in [5, 5.41) is 11.3. The number of carbonyl (C=O) groups is 2. The number of amides is 1. The zero-order valence-electron chi connectivity index (χ0n) is 10.5. The number of ether oxygens (including phenoxy) is 1. The highest BCUT2D eigenvalue weighted by Gasteiger charge is 2.18. The van der Waals surface area contributed by atoms with Gasteiger partial charge >= 0.3 is 5.97 Å². The maximum Gasteiger partial charge on any atom is 0.326 e. The molecule has 1 aromatic rings. The fourth-order valence-electron chi connectivity index (χ4n) is 1.45. The maximum absolute atomic E-state index is 11.8. The minimum Gasteiger partial charge on any atom is -0.494 e. The highest BCUT2D eigenvalue weighted by Crippen LogP contribution is 2.12. The molecule has 2 N–H and O–H groups in total. The molecule has 0 spiro atoms. The lowest BCUT2D eigenvalue weighted by atomic mass is 10.1. The standard InChI is InChI=1S/C13H17NO4/c1-3-11(13(16)17)14-12(15)9-5-7-10(8-6-9)18-4-2/h5-8,11H,3-4H2,1-2H3,(H,14,15)(H,16,17)/t11-/m1/s1. The molecule has 1 amide bonds. The van der Waals surface area contributed by atoms with E-state index in [1.54, 1.807) is 31.2 Å². The van der Waals surface area contributed by atoms with Crippen LogP contribution in [0, 0.1) is 0 Å². The Bertz CT molecular complexity index is 414. The summed E-state index contributed by atoms with van der Waals surface area (Å²) in [5.74, 6) is -0.747. The van der Waals surface area contributed by atoms with E-state index in [4.69, 9.17) is 9.84 Å².